The SMILES string of the molecule is CN1CCN(c2ccc(Nc3ncc4ccc(=O)n(C5c6ccccc6-c6ccccc65)c4n3)cc2)CC1. The number of piperazine rings is 1. The summed E-state index contributed by atoms with van der Waals surface area (Å²) in [6.45, 7) is 4.20. The molecule has 38 heavy (non-hydrogen) atoms. The van der Waals surface area contributed by atoms with Crippen LogP contribution in [0.15, 0.2) is 95.9 Å². The van der Waals surface area contributed by atoms with E-state index in [0.29, 0.717) is 11.6 Å². The van der Waals surface area contributed by atoms with Crippen molar-refractivity contribution < 1.29 is 0 Å². The van der Waals surface area contributed by atoms with E-state index in [0.717, 1.165) is 59.5 Å². The van der Waals surface area contributed by atoms with Crippen LogP contribution in [0.3, 0.4) is 0 Å². The van der Waals surface area contributed by atoms with Crippen molar-refractivity contribution in [1.82, 2.24) is 19.4 Å². The lowest BCUT2D eigenvalue weighted by molar-refractivity contribution is 0.313. The third-order valence-corrected chi connectivity index (χ3v) is 7.72. The highest BCUT2D eigenvalue weighted by molar-refractivity contribution is 5.81. The van der Waals surface area contributed by atoms with Gasteiger partial charge in [-0.3, -0.25) is 9.36 Å². The van der Waals surface area contributed by atoms with E-state index in [4.69, 9.17) is 4.98 Å². The quantitative estimate of drug-likeness (QED) is 0.371. The molecule has 188 valence electrons. The van der Waals surface area contributed by atoms with Crippen molar-refractivity contribution in [3.05, 3.63) is 113 Å². The van der Waals surface area contributed by atoms with Crippen molar-refractivity contribution in [3.8, 4) is 11.1 Å². The molecule has 2 aliphatic rings. The van der Waals surface area contributed by atoms with E-state index in [1.165, 1.54) is 5.69 Å². The van der Waals surface area contributed by atoms with Gasteiger partial charge >= 0.3 is 0 Å². The number of nitrogens with zero attached hydrogens (tertiary/aromatic N) is 5. The number of rotatable bonds is 4. The van der Waals surface area contributed by atoms with Gasteiger partial charge in [0.15, 0.2) is 0 Å². The molecule has 2 aromatic heterocycles. The monoisotopic (exact) mass is 500 g/mol. The minimum atomic E-state index is -0.246. The van der Waals surface area contributed by atoms with E-state index < -0.39 is 0 Å². The highest BCUT2D eigenvalue weighted by Crippen LogP contribution is 2.45. The van der Waals surface area contributed by atoms with Crippen LogP contribution in [0.1, 0.15) is 17.2 Å². The third kappa shape index (κ3) is 3.83. The van der Waals surface area contributed by atoms with Gasteiger partial charge in [0.1, 0.15) is 5.65 Å². The van der Waals surface area contributed by atoms with Crippen LogP contribution in [-0.4, -0.2) is 52.7 Å². The molecule has 1 aliphatic heterocycles. The van der Waals surface area contributed by atoms with E-state index >= 15 is 0 Å². The Hall–Kier alpha value is -4.49. The summed E-state index contributed by atoms with van der Waals surface area (Å²) in [7, 11) is 2.16. The lowest BCUT2D eigenvalue weighted by Crippen LogP contribution is -2.44. The van der Waals surface area contributed by atoms with Gasteiger partial charge in [0.2, 0.25) is 5.95 Å². The number of pyridine rings is 1. The molecule has 0 bridgehead atoms. The molecule has 1 saturated heterocycles. The fraction of sp³-hybridized carbons (Fsp3) is 0.194. The molecule has 7 nitrogen and oxygen atoms in total. The van der Waals surface area contributed by atoms with Crippen LogP contribution >= 0.6 is 0 Å². The first-order valence-electron chi connectivity index (χ1n) is 13.0. The van der Waals surface area contributed by atoms with Crippen molar-refractivity contribution in [3.63, 3.8) is 0 Å². The molecule has 1 aliphatic carbocycles. The fourth-order valence-corrected chi connectivity index (χ4v) is 5.70. The summed E-state index contributed by atoms with van der Waals surface area (Å²) in [4.78, 5) is 27.6. The first-order valence-corrected chi connectivity index (χ1v) is 13.0. The number of nitrogens with one attached hydrogen (secondary N) is 1. The molecule has 0 saturated carbocycles. The fourth-order valence-electron chi connectivity index (χ4n) is 5.70. The summed E-state index contributed by atoms with van der Waals surface area (Å²) in [5.74, 6) is 0.462. The van der Waals surface area contributed by atoms with Gasteiger partial charge in [-0.25, -0.2) is 4.98 Å². The van der Waals surface area contributed by atoms with Crippen LogP contribution in [0.2, 0.25) is 0 Å². The number of aromatic nitrogens is 3. The Labute approximate surface area is 221 Å². The predicted octanol–water partition coefficient (Wildman–Crippen LogP) is 4.91. The highest BCUT2D eigenvalue weighted by atomic mass is 16.1. The largest absolute Gasteiger partial charge is 0.369 e. The van der Waals surface area contributed by atoms with Gasteiger partial charge in [-0.2, -0.15) is 4.98 Å². The Balaban J connectivity index is 1.26. The maximum atomic E-state index is 13.4. The summed E-state index contributed by atoms with van der Waals surface area (Å²) in [6.07, 6.45) is 1.78. The van der Waals surface area contributed by atoms with Crippen molar-refractivity contribution >= 4 is 28.4 Å². The molecule has 1 fully saturated rings. The maximum Gasteiger partial charge on any atom is 0.253 e. The molecule has 1 N–H and O–H groups in total. The van der Waals surface area contributed by atoms with Gasteiger partial charge in [-0.15, -0.1) is 0 Å². The summed E-state index contributed by atoms with van der Waals surface area (Å²) in [5.41, 5.74) is 7.18. The zero-order valence-corrected chi connectivity index (χ0v) is 21.2. The minimum absolute atomic E-state index is 0.0878. The molecule has 0 radical (unpaired) electrons. The van der Waals surface area contributed by atoms with E-state index in [9.17, 15) is 4.79 Å². The summed E-state index contributed by atoms with van der Waals surface area (Å²) >= 11 is 0. The van der Waals surface area contributed by atoms with E-state index in [2.05, 4.69) is 75.7 Å². The average molecular weight is 501 g/mol. The predicted molar refractivity (Wildman–Crippen MR) is 152 cm³/mol. The Morgan fingerprint density at radius 2 is 1.45 bits per heavy atom. The van der Waals surface area contributed by atoms with E-state index in [-0.39, 0.29) is 11.6 Å². The first-order chi connectivity index (χ1) is 18.7. The molecule has 0 spiro atoms. The molecule has 5 aromatic rings. The maximum absolute atomic E-state index is 13.4. The van der Waals surface area contributed by atoms with Crippen molar-refractivity contribution in [2.75, 3.05) is 43.4 Å². The Morgan fingerprint density at radius 1 is 0.789 bits per heavy atom. The first kappa shape index (κ1) is 22.7. The summed E-state index contributed by atoms with van der Waals surface area (Å²) < 4.78 is 1.81. The Morgan fingerprint density at radius 3 is 2.13 bits per heavy atom. The van der Waals surface area contributed by atoms with Crippen LogP contribution in [0.5, 0.6) is 0 Å². The minimum Gasteiger partial charge on any atom is -0.369 e. The molecule has 3 aromatic carbocycles. The van der Waals surface area contributed by atoms with Gasteiger partial charge in [0.05, 0.1) is 6.04 Å². The number of hydrogen-bond acceptors (Lipinski definition) is 6. The summed E-state index contributed by atoms with van der Waals surface area (Å²) in [6, 6.07) is 28.2. The van der Waals surface area contributed by atoms with Crippen LogP contribution in [0, 0.1) is 0 Å². The molecule has 7 heteroatoms. The van der Waals surface area contributed by atoms with E-state index in [1.54, 1.807) is 18.3 Å². The molecule has 7 rings (SSSR count). The van der Waals surface area contributed by atoms with Crippen molar-refractivity contribution in [2.45, 2.75) is 6.04 Å². The topological polar surface area (TPSA) is 66.3 Å². The number of benzene rings is 3. The zero-order chi connectivity index (χ0) is 25.6. The van der Waals surface area contributed by atoms with Gasteiger partial charge in [0, 0.05) is 55.2 Å². The lowest BCUT2D eigenvalue weighted by atomic mass is 10.0. The van der Waals surface area contributed by atoms with Gasteiger partial charge in [-0.05, 0) is 59.6 Å². The molecule has 0 unspecified atom stereocenters. The van der Waals surface area contributed by atoms with E-state index in [1.807, 2.05) is 28.8 Å². The molecule has 0 amide bonds. The van der Waals surface area contributed by atoms with Gasteiger partial charge in [0.25, 0.3) is 5.56 Å². The molecular weight excluding hydrogens is 472 g/mol. The van der Waals surface area contributed by atoms with Gasteiger partial charge < -0.3 is 15.1 Å². The molecular formula is C31H28N6O. The van der Waals surface area contributed by atoms with Crippen LogP contribution in [0.25, 0.3) is 22.2 Å². The number of anilines is 3. The lowest BCUT2D eigenvalue weighted by Gasteiger charge is -2.34. The van der Waals surface area contributed by atoms with Crippen molar-refractivity contribution in [2.24, 2.45) is 0 Å². The normalized spacial score (nSPS) is 15.4. The second kappa shape index (κ2) is 9.11. The Kier molecular flexibility index (Phi) is 5.44. The molecule has 0 atom stereocenters. The zero-order valence-electron chi connectivity index (χ0n) is 21.2. The number of fused-ring (bicyclic) bond motifs is 4. The average Bonchev–Trinajstić information content (AvgIpc) is 3.28. The Bertz CT molecular complexity index is 1660. The standard InChI is InChI=1S/C31H28N6O/c1-35-16-18-36(19-17-35)23-13-11-22(12-14-23)33-31-32-20-21-10-15-28(38)37(30(21)34-31)29-26-8-4-2-6-24(26)25-7-3-5-9-27(25)29/h2-15,20,29H,16-19H2,1H3,(H,32,33,34). The van der Waals surface area contributed by atoms with Crippen LogP contribution in [0.4, 0.5) is 17.3 Å². The van der Waals surface area contributed by atoms with Crippen molar-refractivity contribution in [1.29, 1.82) is 0 Å². The van der Waals surface area contributed by atoms with Crippen LogP contribution in [-0.2, 0) is 0 Å². The van der Waals surface area contributed by atoms with Gasteiger partial charge in [-0.1, -0.05) is 48.5 Å². The highest BCUT2D eigenvalue weighted by Gasteiger charge is 2.31. The smallest absolute Gasteiger partial charge is 0.253 e. The molecule has 3 heterocycles. The van der Waals surface area contributed by atoms with Crippen LogP contribution < -0.4 is 15.8 Å². The second-order valence-corrected chi connectivity index (χ2v) is 10.1. The number of likely N-dealkylation sites (N-methyl/N-ethyl adjacent to an activating group) is 1. The number of hydrogen-bond donors (Lipinski definition) is 1. The second-order valence-electron chi connectivity index (χ2n) is 10.1. The third-order valence-electron chi connectivity index (χ3n) is 7.72. The summed E-state index contributed by atoms with van der Waals surface area (Å²) in [5, 5.41) is 4.17.